The summed E-state index contributed by atoms with van der Waals surface area (Å²) in [5.41, 5.74) is 9.36. The van der Waals surface area contributed by atoms with E-state index in [9.17, 15) is 0 Å². The molecule has 0 N–H and O–H groups in total. The van der Waals surface area contributed by atoms with Crippen LogP contribution >= 0.6 is 0 Å². The average molecular weight is 651 g/mol. The summed E-state index contributed by atoms with van der Waals surface area (Å²) >= 11 is 0. The third-order valence-corrected chi connectivity index (χ3v) is 10.1. The van der Waals surface area contributed by atoms with Crippen molar-refractivity contribution in [2.45, 2.75) is 52.4 Å². The van der Waals surface area contributed by atoms with E-state index in [1.165, 1.54) is 21.9 Å². The van der Waals surface area contributed by atoms with Crippen molar-refractivity contribution in [3.05, 3.63) is 132 Å². The summed E-state index contributed by atoms with van der Waals surface area (Å²) in [6.45, 7) is 13.3. The third-order valence-electron chi connectivity index (χ3n) is 10.1. The van der Waals surface area contributed by atoms with E-state index in [1.54, 1.807) is 0 Å². The molecule has 0 fully saturated rings. The second-order valence-electron chi connectivity index (χ2n) is 15.5. The van der Waals surface area contributed by atoms with E-state index in [2.05, 4.69) is 151 Å². The summed E-state index contributed by atoms with van der Waals surface area (Å²) in [5, 5.41) is 6.89. The van der Waals surface area contributed by atoms with E-state index in [1.807, 2.05) is 12.1 Å². The van der Waals surface area contributed by atoms with Crippen LogP contribution in [0.4, 0.5) is 0 Å². The van der Waals surface area contributed by atoms with Crippen molar-refractivity contribution < 1.29 is 8.83 Å². The maximum absolute atomic E-state index is 6.75. The Labute approximate surface area is 291 Å². The van der Waals surface area contributed by atoms with Crippen molar-refractivity contribution in [3.8, 4) is 34.0 Å². The fourth-order valence-corrected chi connectivity index (χ4v) is 7.28. The number of hydrogen-bond acceptors (Lipinski definition) is 4. The van der Waals surface area contributed by atoms with Crippen LogP contribution in [-0.4, -0.2) is 9.97 Å². The van der Waals surface area contributed by atoms with Gasteiger partial charge < -0.3 is 8.83 Å². The summed E-state index contributed by atoms with van der Waals surface area (Å²) in [4.78, 5) is 10.4. The molecule has 0 atom stereocenters. The minimum absolute atomic E-state index is 0.0219. The molecule has 0 aliphatic carbocycles. The second-order valence-corrected chi connectivity index (χ2v) is 15.5. The van der Waals surface area contributed by atoms with Gasteiger partial charge in [0, 0.05) is 5.56 Å². The lowest BCUT2D eigenvalue weighted by molar-refractivity contribution is 0.589. The zero-order valence-electron chi connectivity index (χ0n) is 29.3. The first-order valence-corrected chi connectivity index (χ1v) is 17.3. The summed E-state index contributed by atoms with van der Waals surface area (Å²) < 4.78 is 13.4. The summed E-state index contributed by atoms with van der Waals surface area (Å²) in [5.74, 6) is 1.08. The van der Waals surface area contributed by atoms with Crippen LogP contribution in [0.5, 0.6) is 0 Å². The van der Waals surface area contributed by atoms with Gasteiger partial charge >= 0.3 is 0 Å². The van der Waals surface area contributed by atoms with Gasteiger partial charge in [-0.15, -0.1) is 0 Å². The van der Waals surface area contributed by atoms with Crippen molar-refractivity contribution in [2.24, 2.45) is 0 Å². The Kier molecular flexibility index (Phi) is 6.60. The molecule has 4 nitrogen and oxygen atoms in total. The van der Waals surface area contributed by atoms with Crippen LogP contribution in [0, 0.1) is 0 Å². The lowest BCUT2D eigenvalue weighted by Gasteiger charge is -2.18. The van der Waals surface area contributed by atoms with Crippen LogP contribution in [-0.2, 0) is 10.8 Å². The molecule has 0 aliphatic heterocycles. The van der Waals surface area contributed by atoms with Crippen molar-refractivity contribution >= 4 is 54.5 Å². The highest BCUT2D eigenvalue weighted by Crippen LogP contribution is 2.48. The quantitative estimate of drug-likeness (QED) is 0.179. The standard InChI is InChI=1S/C46H38N2O2/c1-45(2,3)29-19-22-39-37(24-29)47-43(49-39)36-26-35-32-16-10-8-13-28(32)18-21-34(35)41(33-17-11-14-27-12-7-9-15-31(27)33)42(36)44-48-38-25-30(46(4,5)6)20-23-40(38)50-44/h7-26H,1-6H3. The van der Waals surface area contributed by atoms with E-state index < -0.39 is 0 Å². The summed E-state index contributed by atoms with van der Waals surface area (Å²) in [6.07, 6.45) is 0. The highest BCUT2D eigenvalue weighted by atomic mass is 16.4. The minimum Gasteiger partial charge on any atom is -0.436 e. The van der Waals surface area contributed by atoms with Gasteiger partial charge in [0.1, 0.15) is 11.0 Å². The van der Waals surface area contributed by atoms with Crippen LogP contribution in [0.15, 0.2) is 130 Å². The van der Waals surface area contributed by atoms with Crippen molar-refractivity contribution in [2.75, 3.05) is 0 Å². The molecule has 244 valence electrons. The van der Waals surface area contributed by atoms with E-state index in [-0.39, 0.29) is 10.8 Å². The normalized spacial score (nSPS) is 12.6. The molecule has 4 heteroatoms. The Morgan fingerprint density at radius 2 is 0.980 bits per heavy atom. The van der Waals surface area contributed by atoms with Crippen LogP contribution in [0.3, 0.4) is 0 Å². The molecule has 2 heterocycles. The molecule has 0 saturated carbocycles. The van der Waals surface area contributed by atoms with Gasteiger partial charge in [-0.3, -0.25) is 0 Å². The van der Waals surface area contributed by atoms with E-state index in [4.69, 9.17) is 18.8 Å². The van der Waals surface area contributed by atoms with Crippen LogP contribution < -0.4 is 0 Å². The van der Waals surface area contributed by atoms with E-state index >= 15 is 0 Å². The Hall–Kier alpha value is -5.74. The SMILES string of the molecule is CC(C)(C)c1ccc2oc(-c3cc4c(ccc5ccccc54)c(-c4cccc5ccccc45)c3-c3nc4cc(C(C)(C)C)ccc4o3)nc2c1. The second kappa shape index (κ2) is 10.9. The first kappa shape index (κ1) is 30.3. The lowest BCUT2D eigenvalue weighted by atomic mass is 9.85. The maximum Gasteiger partial charge on any atom is 0.228 e. The Balaban J connectivity index is 1.45. The van der Waals surface area contributed by atoms with Crippen LogP contribution in [0.2, 0.25) is 0 Å². The first-order chi connectivity index (χ1) is 24.0. The summed E-state index contributed by atoms with van der Waals surface area (Å²) in [6, 6.07) is 43.0. The molecule has 2 aromatic heterocycles. The Morgan fingerprint density at radius 3 is 1.64 bits per heavy atom. The van der Waals surface area contributed by atoms with Gasteiger partial charge in [0.05, 0.1) is 11.1 Å². The van der Waals surface area contributed by atoms with Crippen molar-refractivity contribution in [1.82, 2.24) is 9.97 Å². The topological polar surface area (TPSA) is 52.1 Å². The first-order valence-electron chi connectivity index (χ1n) is 17.3. The molecule has 9 aromatic rings. The van der Waals surface area contributed by atoms with E-state index in [0.29, 0.717) is 11.8 Å². The third kappa shape index (κ3) is 4.89. The van der Waals surface area contributed by atoms with Gasteiger partial charge in [-0.1, -0.05) is 133 Å². The molecule has 50 heavy (non-hydrogen) atoms. The molecule has 0 amide bonds. The minimum atomic E-state index is -0.0271. The zero-order valence-corrected chi connectivity index (χ0v) is 29.3. The maximum atomic E-state index is 6.75. The molecule has 9 rings (SSSR count). The lowest BCUT2D eigenvalue weighted by Crippen LogP contribution is -2.10. The van der Waals surface area contributed by atoms with Crippen LogP contribution in [0.25, 0.3) is 88.6 Å². The Bertz CT molecular complexity index is 2780. The molecule has 0 unspecified atom stereocenters. The van der Waals surface area contributed by atoms with Crippen molar-refractivity contribution in [3.63, 3.8) is 0 Å². The monoisotopic (exact) mass is 650 g/mol. The molecule has 0 aliphatic rings. The van der Waals surface area contributed by atoms with Crippen LogP contribution in [0.1, 0.15) is 52.7 Å². The van der Waals surface area contributed by atoms with Gasteiger partial charge in [0.2, 0.25) is 11.8 Å². The van der Waals surface area contributed by atoms with Gasteiger partial charge in [-0.05, 0) is 90.2 Å². The average Bonchev–Trinajstić information content (AvgIpc) is 3.73. The molecule has 0 radical (unpaired) electrons. The number of rotatable bonds is 3. The fourth-order valence-electron chi connectivity index (χ4n) is 7.28. The number of fused-ring (bicyclic) bond motifs is 6. The molecule has 0 saturated heterocycles. The van der Waals surface area contributed by atoms with Gasteiger partial charge in [0.25, 0.3) is 0 Å². The predicted octanol–water partition coefficient (Wildman–Crippen LogP) is 13.0. The van der Waals surface area contributed by atoms with Gasteiger partial charge in [-0.2, -0.15) is 0 Å². The molecular weight excluding hydrogens is 613 g/mol. The number of nitrogens with zero attached hydrogens (tertiary/aromatic N) is 2. The smallest absolute Gasteiger partial charge is 0.228 e. The Morgan fingerprint density at radius 1 is 0.420 bits per heavy atom. The molecule has 0 spiro atoms. The highest BCUT2D eigenvalue weighted by Gasteiger charge is 2.27. The zero-order chi connectivity index (χ0) is 34.4. The number of aromatic nitrogens is 2. The fraction of sp³-hybridized carbons (Fsp3) is 0.174. The number of hydrogen-bond donors (Lipinski definition) is 0. The molecule has 7 aromatic carbocycles. The number of benzene rings is 7. The van der Waals surface area contributed by atoms with Crippen molar-refractivity contribution in [1.29, 1.82) is 0 Å². The van der Waals surface area contributed by atoms with Gasteiger partial charge in [0.15, 0.2) is 11.2 Å². The van der Waals surface area contributed by atoms with Gasteiger partial charge in [-0.25, -0.2) is 9.97 Å². The molecule has 0 bridgehead atoms. The van der Waals surface area contributed by atoms with E-state index in [0.717, 1.165) is 66.0 Å². The highest BCUT2D eigenvalue weighted by molar-refractivity contribution is 6.19. The molecular formula is C46H38N2O2. The predicted molar refractivity (Wildman–Crippen MR) is 208 cm³/mol. The number of oxazole rings is 2. The largest absolute Gasteiger partial charge is 0.436 e. The summed E-state index contributed by atoms with van der Waals surface area (Å²) in [7, 11) is 0.